The van der Waals surface area contributed by atoms with Gasteiger partial charge in [0.1, 0.15) is 5.82 Å². The van der Waals surface area contributed by atoms with Crippen molar-refractivity contribution in [3.63, 3.8) is 0 Å². The molecule has 3 aliphatic rings. The number of hydrogen-bond donors (Lipinski definition) is 2. The fourth-order valence-corrected chi connectivity index (χ4v) is 6.43. The molecule has 1 aromatic heterocycles. The highest BCUT2D eigenvalue weighted by molar-refractivity contribution is 5.76. The van der Waals surface area contributed by atoms with E-state index in [4.69, 9.17) is 9.72 Å². The highest BCUT2D eigenvalue weighted by Crippen LogP contribution is 2.38. The minimum Gasteiger partial charge on any atom is -0.469 e. The lowest BCUT2D eigenvalue weighted by Crippen LogP contribution is -2.43. The van der Waals surface area contributed by atoms with Crippen molar-refractivity contribution >= 4 is 23.4 Å². The Morgan fingerprint density at radius 1 is 1.08 bits per heavy atom. The van der Waals surface area contributed by atoms with E-state index in [0.717, 1.165) is 82.6 Å². The summed E-state index contributed by atoms with van der Waals surface area (Å²) in [5.74, 6) is 2.21. The zero-order valence-electron chi connectivity index (χ0n) is 22.0. The second-order valence-electron chi connectivity index (χ2n) is 10.9. The number of benzene rings is 1. The zero-order chi connectivity index (χ0) is 25.6. The lowest BCUT2D eigenvalue weighted by Gasteiger charge is -2.41. The molecule has 2 atom stereocenters. The molecule has 37 heavy (non-hydrogen) atoms. The third-order valence-corrected chi connectivity index (χ3v) is 8.56. The number of rotatable bonds is 8. The Balaban J connectivity index is 1.12. The number of likely N-dealkylation sites (tertiary alicyclic amines) is 1. The molecule has 198 valence electrons. The van der Waals surface area contributed by atoms with Gasteiger partial charge in [0.05, 0.1) is 7.11 Å². The van der Waals surface area contributed by atoms with Gasteiger partial charge in [0, 0.05) is 50.4 Å². The number of amides is 1. The molecular weight excluding hydrogens is 464 g/mol. The maximum absolute atomic E-state index is 13.0. The van der Waals surface area contributed by atoms with Crippen LogP contribution >= 0.6 is 0 Å². The van der Waals surface area contributed by atoms with Gasteiger partial charge in [-0.3, -0.25) is 9.59 Å². The molecule has 1 fully saturated rings. The van der Waals surface area contributed by atoms with E-state index in [1.807, 2.05) is 4.90 Å². The molecule has 0 saturated carbocycles. The molecule has 1 aromatic carbocycles. The number of methoxy groups -OCH3 is 1. The number of nitrogens with one attached hydrogen (secondary N) is 2. The van der Waals surface area contributed by atoms with E-state index in [9.17, 15) is 9.59 Å². The van der Waals surface area contributed by atoms with E-state index in [2.05, 4.69) is 47.0 Å². The van der Waals surface area contributed by atoms with E-state index in [1.165, 1.54) is 23.9 Å². The quantitative estimate of drug-likeness (QED) is 0.517. The predicted octanol–water partition coefficient (Wildman–Crippen LogP) is 4.46. The number of anilines is 2. The van der Waals surface area contributed by atoms with Crippen molar-refractivity contribution < 1.29 is 14.3 Å². The molecule has 2 N–H and O–H groups in total. The van der Waals surface area contributed by atoms with Crippen LogP contribution in [0.15, 0.2) is 36.4 Å². The zero-order valence-corrected chi connectivity index (χ0v) is 22.0. The number of carbonyl (C=O) groups is 2. The summed E-state index contributed by atoms with van der Waals surface area (Å²) in [6.45, 7) is 3.42. The van der Waals surface area contributed by atoms with Crippen LogP contribution in [0.1, 0.15) is 55.3 Å². The fraction of sp³-hybridized carbons (Fsp3) is 0.567. The van der Waals surface area contributed by atoms with E-state index >= 15 is 0 Å². The lowest BCUT2D eigenvalue weighted by molar-refractivity contribution is -0.143. The van der Waals surface area contributed by atoms with Gasteiger partial charge < -0.3 is 20.3 Å². The number of fused-ring (bicyclic) bond motifs is 2. The van der Waals surface area contributed by atoms with Crippen molar-refractivity contribution in [2.24, 2.45) is 17.8 Å². The van der Waals surface area contributed by atoms with Gasteiger partial charge in [0.15, 0.2) is 0 Å². The third-order valence-electron chi connectivity index (χ3n) is 8.56. The fourth-order valence-electron chi connectivity index (χ4n) is 6.43. The molecule has 1 amide bonds. The van der Waals surface area contributed by atoms with E-state index in [0.29, 0.717) is 24.7 Å². The minimum absolute atomic E-state index is 0.131. The smallest absolute Gasteiger partial charge is 0.305 e. The molecule has 3 aliphatic heterocycles. The molecular formula is C30H40N4O3. The first kappa shape index (κ1) is 25.6. The van der Waals surface area contributed by atoms with E-state index in [-0.39, 0.29) is 17.8 Å². The lowest BCUT2D eigenvalue weighted by atomic mass is 9.71. The van der Waals surface area contributed by atoms with Crippen molar-refractivity contribution in [2.45, 2.75) is 57.8 Å². The van der Waals surface area contributed by atoms with Crippen molar-refractivity contribution in [1.82, 2.24) is 9.88 Å². The Kier molecular flexibility index (Phi) is 8.27. The summed E-state index contributed by atoms with van der Waals surface area (Å²) < 4.78 is 5.07. The van der Waals surface area contributed by atoms with Gasteiger partial charge in [-0.25, -0.2) is 4.98 Å². The first-order valence-corrected chi connectivity index (χ1v) is 14.0. The Morgan fingerprint density at radius 3 is 2.76 bits per heavy atom. The Morgan fingerprint density at radius 2 is 1.92 bits per heavy atom. The monoisotopic (exact) mass is 504 g/mol. The Bertz CT molecular complexity index is 1100. The topological polar surface area (TPSA) is 83.6 Å². The summed E-state index contributed by atoms with van der Waals surface area (Å²) in [4.78, 5) is 32.1. The molecule has 0 aliphatic carbocycles. The number of nitrogens with zero attached hydrogens (tertiary/aromatic N) is 2. The van der Waals surface area contributed by atoms with Crippen molar-refractivity contribution in [2.75, 3.05) is 43.9 Å². The van der Waals surface area contributed by atoms with Crippen LogP contribution in [0, 0.1) is 17.8 Å². The maximum atomic E-state index is 13.0. The highest BCUT2D eigenvalue weighted by atomic mass is 16.5. The number of aromatic nitrogens is 1. The number of pyridine rings is 1. The molecule has 0 bridgehead atoms. The molecule has 0 spiro atoms. The van der Waals surface area contributed by atoms with Crippen LogP contribution in [-0.4, -0.2) is 55.0 Å². The largest absolute Gasteiger partial charge is 0.469 e. The predicted molar refractivity (Wildman–Crippen MR) is 146 cm³/mol. The van der Waals surface area contributed by atoms with Crippen LogP contribution < -0.4 is 10.6 Å². The number of carbonyl (C=O) groups excluding carboxylic acids is 2. The van der Waals surface area contributed by atoms with Crippen LogP contribution in [-0.2, 0) is 33.6 Å². The van der Waals surface area contributed by atoms with Gasteiger partial charge in [0.2, 0.25) is 5.91 Å². The van der Waals surface area contributed by atoms with Gasteiger partial charge >= 0.3 is 5.97 Å². The van der Waals surface area contributed by atoms with Crippen LogP contribution in [0.25, 0.3) is 0 Å². The summed E-state index contributed by atoms with van der Waals surface area (Å²) >= 11 is 0. The van der Waals surface area contributed by atoms with Gasteiger partial charge in [-0.15, -0.1) is 0 Å². The first-order valence-electron chi connectivity index (χ1n) is 14.0. The normalized spacial score (nSPS) is 20.1. The Labute approximate surface area is 220 Å². The van der Waals surface area contributed by atoms with E-state index in [1.54, 1.807) is 0 Å². The summed E-state index contributed by atoms with van der Waals surface area (Å²) in [7, 11) is 1.48. The van der Waals surface area contributed by atoms with Crippen LogP contribution in [0.2, 0.25) is 0 Å². The number of para-hydroxylation sites is 1. The average molecular weight is 505 g/mol. The molecule has 2 aromatic rings. The molecule has 0 radical (unpaired) electrons. The third kappa shape index (κ3) is 6.25. The van der Waals surface area contributed by atoms with Crippen molar-refractivity contribution in [1.29, 1.82) is 0 Å². The summed E-state index contributed by atoms with van der Waals surface area (Å²) in [6, 6.07) is 12.8. The molecule has 1 saturated heterocycles. The van der Waals surface area contributed by atoms with E-state index < -0.39 is 0 Å². The van der Waals surface area contributed by atoms with Crippen LogP contribution in [0.3, 0.4) is 0 Å². The summed E-state index contributed by atoms with van der Waals surface area (Å²) in [5.41, 5.74) is 4.89. The van der Waals surface area contributed by atoms with Crippen molar-refractivity contribution in [3.8, 4) is 0 Å². The second kappa shape index (κ2) is 12.0. The number of aryl methyl sites for hydroxylation is 2. The SMILES string of the molecule is COC(=O)CC(C1CCN(C(=O)CCCc2ccc3c(n2)NCCC3)CC1)C1CNc2ccccc2C1. The first-order chi connectivity index (χ1) is 18.1. The average Bonchev–Trinajstić information content (AvgIpc) is 2.95. The molecule has 7 heteroatoms. The number of ether oxygens (including phenoxy) is 1. The van der Waals surface area contributed by atoms with Gasteiger partial charge in [0.25, 0.3) is 0 Å². The summed E-state index contributed by atoms with van der Waals surface area (Å²) in [6.07, 6.45) is 7.79. The second-order valence-corrected chi connectivity index (χ2v) is 10.9. The molecule has 2 unspecified atom stereocenters. The molecule has 4 heterocycles. The molecule has 7 nitrogen and oxygen atoms in total. The van der Waals surface area contributed by atoms with Crippen LogP contribution in [0.5, 0.6) is 0 Å². The highest BCUT2D eigenvalue weighted by Gasteiger charge is 2.36. The van der Waals surface area contributed by atoms with Crippen LogP contribution in [0.4, 0.5) is 11.5 Å². The molecule has 5 rings (SSSR count). The number of piperidine rings is 1. The van der Waals surface area contributed by atoms with Gasteiger partial charge in [-0.1, -0.05) is 24.3 Å². The summed E-state index contributed by atoms with van der Waals surface area (Å²) in [5, 5.41) is 6.97. The Hall–Kier alpha value is -3.09. The van der Waals surface area contributed by atoms with Gasteiger partial charge in [-0.2, -0.15) is 0 Å². The number of esters is 1. The number of hydrogen-bond acceptors (Lipinski definition) is 6. The maximum Gasteiger partial charge on any atom is 0.305 e. The minimum atomic E-state index is -0.131. The van der Waals surface area contributed by atoms with Crippen molar-refractivity contribution in [3.05, 3.63) is 53.2 Å². The standard InChI is InChI=1S/C30H40N4O3/c1-37-29(36)19-26(24-18-23-6-2-3-9-27(23)32-20-24)21-13-16-34(17-14-21)28(35)10-4-8-25-12-11-22-7-5-15-31-30(22)33-25/h2-3,6,9,11-12,21,24,26,32H,4-5,7-8,10,13-20H2,1H3,(H,31,33). The van der Waals surface area contributed by atoms with Gasteiger partial charge in [-0.05, 0) is 86.0 Å².